The number of rotatable bonds is 3. The molecular formula is C19H11Cl2N5O3. The van der Waals surface area contributed by atoms with Crippen molar-refractivity contribution in [3.05, 3.63) is 91.3 Å². The zero-order valence-corrected chi connectivity index (χ0v) is 16.0. The van der Waals surface area contributed by atoms with E-state index >= 15 is 0 Å². The van der Waals surface area contributed by atoms with Gasteiger partial charge in [0.1, 0.15) is 5.15 Å². The summed E-state index contributed by atoms with van der Waals surface area (Å²) in [7, 11) is 0. The summed E-state index contributed by atoms with van der Waals surface area (Å²) < 4.78 is 0.825. The Kier molecular flexibility index (Phi) is 4.87. The Morgan fingerprint density at radius 3 is 2.55 bits per heavy atom. The molecule has 2 aromatic heterocycles. The van der Waals surface area contributed by atoms with Gasteiger partial charge in [-0.1, -0.05) is 47.5 Å². The number of halogens is 2. The minimum absolute atomic E-state index is 0.0191. The average molecular weight is 428 g/mol. The normalized spacial score (nSPS) is 10.8. The van der Waals surface area contributed by atoms with Gasteiger partial charge in [0.25, 0.3) is 11.5 Å². The lowest BCUT2D eigenvalue weighted by Crippen LogP contribution is -2.34. The number of hydrogen-bond donors (Lipinski definition) is 2. The molecule has 0 saturated heterocycles. The van der Waals surface area contributed by atoms with Crippen molar-refractivity contribution in [2.45, 2.75) is 0 Å². The van der Waals surface area contributed by atoms with E-state index < -0.39 is 11.2 Å². The molecule has 0 aliphatic carbocycles. The number of hydrogen-bond acceptors (Lipinski definition) is 5. The Balaban J connectivity index is 1.82. The zero-order chi connectivity index (χ0) is 20.5. The third-order valence-electron chi connectivity index (χ3n) is 4.08. The molecular weight excluding hydrogens is 417 g/mol. The zero-order valence-electron chi connectivity index (χ0n) is 14.5. The molecule has 8 nitrogen and oxygen atoms in total. The van der Waals surface area contributed by atoms with Gasteiger partial charge in [0.05, 0.1) is 22.6 Å². The summed E-state index contributed by atoms with van der Waals surface area (Å²) in [5, 5.41) is 2.73. The number of fused-ring (bicyclic) bond motifs is 1. The van der Waals surface area contributed by atoms with Crippen LogP contribution in [0.5, 0.6) is 0 Å². The van der Waals surface area contributed by atoms with E-state index in [0.29, 0.717) is 5.56 Å². The Morgan fingerprint density at radius 1 is 1.03 bits per heavy atom. The summed E-state index contributed by atoms with van der Waals surface area (Å²) in [6.45, 7) is 0. The van der Waals surface area contributed by atoms with Crippen molar-refractivity contribution in [2.24, 2.45) is 0 Å². The molecule has 1 amide bonds. The largest absolute Gasteiger partial charge is 0.334 e. The second-order valence-corrected chi connectivity index (χ2v) is 6.68. The lowest BCUT2D eigenvalue weighted by Gasteiger charge is -2.12. The van der Waals surface area contributed by atoms with Gasteiger partial charge in [0.2, 0.25) is 0 Å². The van der Waals surface area contributed by atoms with Crippen LogP contribution in [-0.4, -0.2) is 25.4 Å². The Bertz CT molecular complexity index is 1370. The monoisotopic (exact) mass is 427 g/mol. The van der Waals surface area contributed by atoms with E-state index in [1.54, 1.807) is 42.5 Å². The molecule has 0 unspecified atom stereocenters. The molecule has 0 fully saturated rings. The highest BCUT2D eigenvalue weighted by molar-refractivity contribution is 6.35. The number of H-pyrrole nitrogens is 1. The molecule has 0 aliphatic rings. The van der Waals surface area contributed by atoms with Gasteiger partial charge >= 0.3 is 5.69 Å². The van der Waals surface area contributed by atoms with Crippen molar-refractivity contribution in [1.82, 2.24) is 19.5 Å². The molecule has 0 aliphatic heterocycles. The van der Waals surface area contributed by atoms with Gasteiger partial charge in [0, 0.05) is 5.56 Å². The average Bonchev–Trinajstić information content (AvgIpc) is 2.71. The van der Waals surface area contributed by atoms with Gasteiger partial charge in [-0.2, -0.15) is 0 Å². The first kappa shape index (κ1) is 18.9. The molecule has 0 spiro atoms. The molecule has 10 heteroatoms. The predicted molar refractivity (Wildman–Crippen MR) is 110 cm³/mol. The van der Waals surface area contributed by atoms with Crippen molar-refractivity contribution in [1.29, 1.82) is 0 Å². The van der Waals surface area contributed by atoms with E-state index in [9.17, 15) is 14.4 Å². The van der Waals surface area contributed by atoms with E-state index in [1.807, 2.05) is 0 Å². The van der Waals surface area contributed by atoms with E-state index in [2.05, 4.69) is 20.3 Å². The maximum Gasteiger partial charge on any atom is 0.334 e. The summed E-state index contributed by atoms with van der Waals surface area (Å²) in [4.78, 5) is 48.0. The molecule has 144 valence electrons. The highest BCUT2D eigenvalue weighted by Gasteiger charge is 2.17. The van der Waals surface area contributed by atoms with Crippen LogP contribution in [0.1, 0.15) is 10.4 Å². The fraction of sp³-hybridized carbons (Fsp3) is 0. The number of benzene rings is 2. The van der Waals surface area contributed by atoms with E-state index in [1.165, 1.54) is 12.3 Å². The first-order valence-electron chi connectivity index (χ1n) is 8.28. The molecule has 0 bridgehead atoms. The summed E-state index contributed by atoms with van der Waals surface area (Å²) >= 11 is 12.2. The Morgan fingerprint density at radius 2 is 1.79 bits per heavy atom. The molecule has 0 atom stereocenters. The quantitative estimate of drug-likeness (QED) is 0.521. The van der Waals surface area contributed by atoms with Crippen LogP contribution < -0.4 is 16.6 Å². The van der Waals surface area contributed by atoms with Crippen molar-refractivity contribution in [2.75, 3.05) is 5.32 Å². The maximum absolute atomic E-state index is 12.8. The molecule has 0 radical (unpaired) electrons. The summed E-state index contributed by atoms with van der Waals surface area (Å²) in [6, 6.07) is 13.1. The smallest absolute Gasteiger partial charge is 0.321 e. The van der Waals surface area contributed by atoms with Gasteiger partial charge in [-0.3, -0.25) is 14.6 Å². The van der Waals surface area contributed by atoms with Crippen LogP contribution in [0.4, 0.5) is 5.69 Å². The van der Waals surface area contributed by atoms with Crippen molar-refractivity contribution in [3.63, 3.8) is 0 Å². The molecule has 2 aromatic carbocycles. The number of carbonyl (C=O) groups excluding carboxylic acids is 1. The van der Waals surface area contributed by atoms with Crippen molar-refractivity contribution >= 4 is 46.0 Å². The topological polar surface area (TPSA) is 110 Å². The Hall–Kier alpha value is -3.49. The molecule has 4 aromatic rings. The number of anilines is 1. The second kappa shape index (κ2) is 7.50. The van der Waals surface area contributed by atoms with E-state index in [0.717, 1.165) is 4.57 Å². The van der Waals surface area contributed by atoms with Gasteiger partial charge in [0.15, 0.2) is 11.2 Å². The number of amides is 1. The lowest BCUT2D eigenvalue weighted by atomic mass is 10.2. The molecule has 2 N–H and O–H groups in total. The number of aromatic amines is 1. The van der Waals surface area contributed by atoms with Crippen LogP contribution in [0.3, 0.4) is 0 Å². The summed E-state index contributed by atoms with van der Waals surface area (Å²) in [5.74, 6) is -0.384. The van der Waals surface area contributed by atoms with Crippen LogP contribution in [0.2, 0.25) is 10.2 Å². The highest BCUT2D eigenvalue weighted by Crippen LogP contribution is 2.28. The predicted octanol–water partition coefficient (Wildman–Crippen LogP) is 3.03. The first-order chi connectivity index (χ1) is 14.0. The summed E-state index contributed by atoms with van der Waals surface area (Å²) in [5.41, 5.74) is -0.845. The SMILES string of the molecule is O=C(Nc1cccc(-n2c(=O)[nH]c3nc(Cl)cnc3c2=O)c1Cl)c1ccccc1. The number of aromatic nitrogens is 4. The van der Waals surface area contributed by atoms with Gasteiger partial charge in [-0.15, -0.1) is 0 Å². The van der Waals surface area contributed by atoms with Crippen molar-refractivity contribution < 1.29 is 4.79 Å². The van der Waals surface area contributed by atoms with Crippen LogP contribution in [0.25, 0.3) is 16.9 Å². The first-order valence-corrected chi connectivity index (χ1v) is 9.04. The van der Waals surface area contributed by atoms with Crippen LogP contribution in [-0.2, 0) is 0 Å². The van der Waals surface area contributed by atoms with E-state index in [4.69, 9.17) is 23.2 Å². The van der Waals surface area contributed by atoms with Gasteiger partial charge in [-0.25, -0.2) is 19.3 Å². The molecule has 0 saturated carbocycles. The fourth-order valence-corrected chi connectivity index (χ4v) is 3.15. The maximum atomic E-state index is 12.8. The second-order valence-electron chi connectivity index (χ2n) is 5.92. The number of nitrogens with one attached hydrogen (secondary N) is 2. The molecule has 4 rings (SSSR count). The van der Waals surface area contributed by atoms with Gasteiger partial charge in [-0.05, 0) is 24.3 Å². The van der Waals surface area contributed by atoms with E-state index in [-0.39, 0.29) is 38.6 Å². The number of nitrogens with zero attached hydrogens (tertiary/aromatic N) is 3. The highest BCUT2D eigenvalue weighted by atomic mass is 35.5. The third kappa shape index (κ3) is 3.51. The molecule has 2 heterocycles. The van der Waals surface area contributed by atoms with Crippen LogP contribution in [0, 0.1) is 0 Å². The fourth-order valence-electron chi connectivity index (χ4n) is 2.76. The summed E-state index contributed by atoms with van der Waals surface area (Å²) in [6.07, 6.45) is 1.20. The van der Waals surface area contributed by atoms with Crippen LogP contribution in [0.15, 0.2) is 64.3 Å². The van der Waals surface area contributed by atoms with Gasteiger partial charge < -0.3 is 5.32 Å². The Labute approximate surface area is 172 Å². The van der Waals surface area contributed by atoms with Crippen molar-refractivity contribution in [3.8, 4) is 5.69 Å². The number of carbonyl (C=O) groups is 1. The molecule has 29 heavy (non-hydrogen) atoms. The minimum Gasteiger partial charge on any atom is -0.321 e. The lowest BCUT2D eigenvalue weighted by molar-refractivity contribution is 0.102. The third-order valence-corrected chi connectivity index (χ3v) is 4.66. The standard InChI is InChI=1S/C19H11Cl2N5O3/c20-13-9-22-15-16(24-13)25-19(29)26(18(15)28)12-8-4-7-11(14(12)21)23-17(27)10-5-2-1-3-6-10/h1-9H,(H,23,27)(H,24,25,29). The van der Waals surface area contributed by atoms with Crippen LogP contribution >= 0.6 is 23.2 Å². The minimum atomic E-state index is -0.771.